The monoisotopic (exact) mass is 780 g/mol. The van der Waals surface area contributed by atoms with Crippen molar-refractivity contribution in [2.45, 2.75) is 70.0 Å². The Balaban J connectivity index is 1.24. The number of fused-ring (bicyclic) bond motifs is 1. The molecule has 2 aromatic carbocycles. The average Bonchev–Trinajstić information content (AvgIpc) is 3.78. The Bertz CT molecular complexity index is 2060. The van der Waals surface area contributed by atoms with Gasteiger partial charge in [0.2, 0.25) is 23.6 Å². The predicted octanol–water partition coefficient (Wildman–Crippen LogP) is 5.93. The van der Waals surface area contributed by atoms with E-state index in [-0.39, 0.29) is 36.0 Å². The van der Waals surface area contributed by atoms with Crippen molar-refractivity contribution in [3.8, 4) is 34.1 Å². The molecule has 55 heavy (non-hydrogen) atoms. The molecule has 3 atom stereocenters. The number of benzene rings is 2. The van der Waals surface area contributed by atoms with Crippen LogP contribution in [-0.2, 0) is 35.3 Å². The van der Waals surface area contributed by atoms with E-state index in [9.17, 15) is 22.8 Å². The molecular weight excluding hydrogens is 737 g/mol. The molecule has 1 fully saturated rings. The van der Waals surface area contributed by atoms with Gasteiger partial charge in [-0.2, -0.15) is 18.2 Å². The number of alkyl halides is 3. The second-order valence-electron chi connectivity index (χ2n) is 13.8. The smallest absolute Gasteiger partial charge is 0.437 e. The summed E-state index contributed by atoms with van der Waals surface area (Å²) in [6.45, 7) is 2.59. The van der Waals surface area contributed by atoms with Gasteiger partial charge >= 0.3 is 6.18 Å². The molecule has 1 aliphatic heterocycles. The minimum atomic E-state index is -4.82. The van der Waals surface area contributed by atoms with Crippen LogP contribution in [0.4, 0.5) is 19.0 Å². The van der Waals surface area contributed by atoms with Crippen LogP contribution in [0.2, 0.25) is 5.02 Å². The van der Waals surface area contributed by atoms with Crippen molar-refractivity contribution in [2.75, 3.05) is 40.2 Å². The quantitative estimate of drug-likeness (QED) is 0.122. The van der Waals surface area contributed by atoms with Gasteiger partial charge < -0.3 is 35.6 Å². The number of nitrogens with one attached hydrogen (secondary N) is 4. The van der Waals surface area contributed by atoms with Crippen LogP contribution >= 0.6 is 11.6 Å². The third kappa shape index (κ3) is 8.79. The van der Waals surface area contributed by atoms with Crippen LogP contribution in [0.25, 0.3) is 22.4 Å². The molecule has 4 aromatic rings. The topological polar surface area (TPSA) is 143 Å². The molecule has 16 heteroatoms. The van der Waals surface area contributed by atoms with Gasteiger partial charge in [0.15, 0.2) is 11.5 Å². The van der Waals surface area contributed by atoms with Gasteiger partial charge in [-0.25, -0.2) is 9.97 Å². The SMILES string of the molecule is COc1nc(-c2cccc(-c3cccc4c3CC[C@@H]4Nc3nc(OC)c(CN[C@@H](C)C(=O)N(C)C)nc3C(F)(F)F)c2Cl)ccc1CNC[C@@H]1CCC(=O)N1. The van der Waals surface area contributed by atoms with Crippen molar-refractivity contribution in [2.24, 2.45) is 0 Å². The fraction of sp³-hybridized carbons (Fsp3) is 0.410. The van der Waals surface area contributed by atoms with Gasteiger partial charge in [-0.05, 0) is 48.9 Å². The summed E-state index contributed by atoms with van der Waals surface area (Å²) in [7, 11) is 6.06. The number of likely N-dealkylation sites (N-methyl/N-ethyl adjacent to an activating group) is 1. The maximum absolute atomic E-state index is 14.5. The maximum atomic E-state index is 14.5. The molecule has 2 aliphatic rings. The highest BCUT2D eigenvalue weighted by atomic mass is 35.5. The van der Waals surface area contributed by atoms with Crippen LogP contribution in [0.3, 0.4) is 0 Å². The lowest BCUT2D eigenvalue weighted by atomic mass is 9.94. The number of ether oxygens (including phenoxy) is 2. The fourth-order valence-electron chi connectivity index (χ4n) is 7.06. The molecule has 1 saturated heterocycles. The average molecular weight is 781 g/mol. The molecule has 4 N–H and O–H groups in total. The van der Waals surface area contributed by atoms with Crippen molar-refractivity contribution < 1.29 is 32.2 Å². The number of hydrogen-bond donors (Lipinski definition) is 4. The molecule has 0 radical (unpaired) electrons. The molecule has 12 nitrogen and oxygen atoms in total. The van der Waals surface area contributed by atoms with Gasteiger partial charge in [-0.15, -0.1) is 0 Å². The fourth-order valence-corrected chi connectivity index (χ4v) is 7.38. The second-order valence-corrected chi connectivity index (χ2v) is 14.2. The Morgan fingerprint density at radius 1 is 0.964 bits per heavy atom. The van der Waals surface area contributed by atoms with E-state index >= 15 is 0 Å². The Morgan fingerprint density at radius 2 is 1.69 bits per heavy atom. The summed E-state index contributed by atoms with van der Waals surface area (Å²) in [4.78, 5) is 38.2. The van der Waals surface area contributed by atoms with Crippen LogP contribution in [0.5, 0.6) is 11.8 Å². The first-order valence-corrected chi connectivity index (χ1v) is 18.3. The number of carbonyl (C=O) groups is 2. The Hall–Kier alpha value is -4.99. The second kappa shape index (κ2) is 16.8. The van der Waals surface area contributed by atoms with Crippen LogP contribution < -0.4 is 30.7 Å². The lowest BCUT2D eigenvalue weighted by Gasteiger charge is -2.21. The molecular formula is C39H44ClF3N8O4. The first-order chi connectivity index (χ1) is 26.3. The summed E-state index contributed by atoms with van der Waals surface area (Å²) in [5.74, 6) is -0.251. The molecule has 0 unspecified atom stereocenters. The van der Waals surface area contributed by atoms with Crippen molar-refractivity contribution >= 4 is 29.2 Å². The molecule has 2 amide bonds. The van der Waals surface area contributed by atoms with Gasteiger partial charge in [-0.1, -0.05) is 54.1 Å². The third-order valence-corrected chi connectivity index (χ3v) is 10.3. The zero-order chi connectivity index (χ0) is 39.4. The summed E-state index contributed by atoms with van der Waals surface area (Å²) >= 11 is 7.12. The highest BCUT2D eigenvalue weighted by Gasteiger charge is 2.39. The number of nitrogens with zero attached hydrogens (tertiary/aromatic N) is 4. The lowest BCUT2D eigenvalue weighted by Crippen LogP contribution is -2.41. The lowest BCUT2D eigenvalue weighted by molar-refractivity contribution is -0.141. The van der Waals surface area contributed by atoms with Gasteiger partial charge in [0, 0.05) is 62.9 Å². The summed E-state index contributed by atoms with van der Waals surface area (Å²) < 4.78 is 54.4. The van der Waals surface area contributed by atoms with E-state index < -0.39 is 29.8 Å². The number of methoxy groups -OCH3 is 2. The van der Waals surface area contributed by atoms with Crippen molar-refractivity contribution in [1.29, 1.82) is 0 Å². The van der Waals surface area contributed by atoms with E-state index in [1.54, 1.807) is 28.1 Å². The molecule has 6 rings (SSSR count). The van der Waals surface area contributed by atoms with Crippen molar-refractivity contribution in [3.63, 3.8) is 0 Å². The van der Waals surface area contributed by atoms with Gasteiger partial charge in [-0.3, -0.25) is 9.59 Å². The van der Waals surface area contributed by atoms with Crippen molar-refractivity contribution in [3.05, 3.63) is 81.6 Å². The minimum absolute atomic E-state index is 0.0688. The van der Waals surface area contributed by atoms with E-state index in [4.69, 9.17) is 26.1 Å². The summed E-state index contributed by atoms with van der Waals surface area (Å²) in [6.07, 6.45) is -2.40. The van der Waals surface area contributed by atoms with Gasteiger partial charge in [0.25, 0.3) is 0 Å². The van der Waals surface area contributed by atoms with Crippen LogP contribution in [0, 0.1) is 0 Å². The molecule has 0 bridgehead atoms. The molecule has 2 aromatic heterocycles. The Kier molecular flexibility index (Phi) is 12.1. The Morgan fingerprint density at radius 3 is 2.38 bits per heavy atom. The molecule has 0 saturated carbocycles. The number of anilines is 1. The summed E-state index contributed by atoms with van der Waals surface area (Å²) in [5.41, 5.74) is 4.33. The third-order valence-electron chi connectivity index (χ3n) is 9.85. The van der Waals surface area contributed by atoms with Gasteiger partial charge in [0.05, 0.1) is 37.0 Å². The number of hydrogen-bond acceptors (Lipinski definition) is 10. The van der Waals surface area contributed by atoms with Crippen LogP contribution in [0.1, 0.15) is 60.3 Å². The molecule has 292 valence electrons. The minimum Gasteiger partial charge on any atom is -0.481 e. The Labute approximate surface area is 322 Å². The number of amides is 2. The number of rotatable bonds is 14. The van der Waals surface area contributed by atoms with Gasteiger partial charge in [0.1, 0.15) is 5.69 Å². The largest absolute Gasteiger partial charge is 0.481 e. The van der Waals surface area contributed by atoms with E-state index in [1.807, 2.05) is 48.5 Å². The standard InChI is InChI=1S/C39H44ClF3N8O4/c1-21(38(53)51(2)3)45-20-31-37(55-5)50-35(34(47-31)39(41,42)43)48-29-16-14-25-24(8-6-9-26(25)29)27-10-7-11-28(33(27)40)30-15-12-22(36(49-30)54-4)18-44-19-23-13-17-32(52)46-23/h6-12,15,21,23,29,44-45H,13-14,16-20H2,1-5H3,(H,46,52)(H,48,50)/t21-,23-,29-/m0/s1. The predicted molar refractivity (Wildman–Crippen MR) is 203 cm³/mol. The molecule has 3 heterocycles. The van der Waals surface area contributed by atoms with E-state index in [2.05, 4.69) is 31.2 Å². The first-order valence-electron chi connectivity index (χ1n) is 18.0. The molecule has 0 spiro atoms. The summed E-state index contributed by atoms with van der Waals surface area (Å²) in [5, 5.41) is 12.7. The van der Waals surface area contributed by atoms with E-state index in [1.165, 1.54) is 12.0 Å². The number of aromatic nitrogens is 3. The highest BCUT2D eigenvalue weighted by molar-refractivity contribution is 6.36. The van der Waals surface area contributed by atoms with Crippen molar-refractivity contribution in [1.82, 2.24) is 35.8 Å². The number of halogens is 4. The normalized spacial score (nSPS) is 17.1. The number of pyridine rings is 1. The zero-order valence-electron chi connectivity index (χ0n) is 31.2. The maximum Gasteiger partial charge on any atom is 0.437 e. The van der Waals surface area contributed by atoms with E-state index in [0.29, 0.717) is 54.5 Å². The van der Waals surface area contributed by atoms with Crippen LogP contribution in [0.15, 0.2) is 48.5 Å². The molecule has 1 aliphatic carbocycles. The summed E-state index contributed by atoms with van der Waals surface area (Å²) in [6, 6.07) is 14.1. The first kappa shape index (κ1) is 39.7. The van der Waals surface area contributed by atoms with Crippen LogP contribution in [-0.4, -0.2) is 78.6 Å². The van der Waals surface area contributed by atoms with E-state index in [0.717, 1.165) is 34.2 Å². The zero-order valence-corrected chi connectivity index (χ0v) is 32.0. The number of carbonyl (C=O) groups excluding carboxylic acids is 2. The highest BCUT2D eigenvalue weighted by Crippen LogP contribution is 2.44.